The zero-order valence-corrected chi connectivity index (χ0v) is 18.4. The Morgan fingerprint density at radius 1 is 1.03 bits per heavy atom. The molecule has 3 heterocycles. The van der Waals surface area contributed by atoms with Crippen LogP contribution in [-0.4, -0.2) is 30.3 Å². The number of amides is 1. The number of fused-ring (bicyclic) bond motifs is 1. The Kier molecular flexibility index (Phi) is 5.32. The van der Waals surface area contributed by atoms with E-state index in [0.29, 0.717) is 34.3 Å². The smallest absolute Gasteiger partial charge is 0.250 e. The van der Waals surface area contributed by atoms with Crippen LogP contribution in [0, 0.1) is 5.82 Å². The predicted molar refractivity (Wildman–Crippen MR) is 124 cm³/mol. The lowest BCUT2D eigenvalue weighted by atomic mass is 10.1. The van der Waals surface area contributed by atoms with Crippen LogP contribution in [0.3, 0.4) is 0 Å². The molecule has 5 aromatic rings. The number of carbonyl (C=O) groups excluding carboxylic acids is 1. The van der Waals surface area contributed by atoms with Gasteiger partial charge in [-0.1, -0.05) is 46.6 Å². The van der Waals surface area contributed by atoms with Gasteiger partial charge in [0.2, 0.25) is 5.91 Å². The number of hydrogen-bond donors (Lipinski definition) is 1. The van der Waals surface area contributed by atoms with E-state index in [0.717, 1.165) is 11.1 Å². The van der Waals surface area contributed by atoms with Crippen molar-refractivity contribution in [3.63, 3.8) is 0 Å². The van der Waals surface area contributed by atoms with Crippen LogP contribution in [0.15, 0.2) is 67.0 Å². The van der Waals surface area contributed by atoms with Crippen molar-refractivity contribution in [2.45, 2.75) is 6.54 Å². The van der Waals surface area contributed by atoms with E-state index in [-0.39, 0.29) is 10.6 Å². The number of primary amides is 1. The molecule has 33 heavy (non-hydrogen) atoms. The molecule has 0 saturated carbocycles. The summed E-state index contributed by atoms with van der Waals surface area (Å²) in [6, 6.07) is 15.2. The molecule has 7 nitrogen and oxygen atoms in total. The van der Waals surface area contributed by atoms with Crippen molar-refractivity contribution >= 4 is 34.8 Å². The zero-order chi connectivity index (χ0) is 23.1. The van der Waals surface area contributed by atoms with Crippen LogP contribution in [0.1, 0.15) is 15.9 Å². The largest absolute Gasteiger partial charge is 0.366 e. The maximum absolute atomic E-state index is 14.1. The molecule has 3 aromatic heterocycles. The minimum absolute atomic E-state index is 0.233. The maximum atomic E-state index is 14.1. The number of imidazole rings is 1. The number of benzene rings is 2. The lowest BCUT2D eigenvalue weighted by Gasteiger charge is -2.05. The summed E-state index contributed by atoms with van der Waals surface area (Å²) < 4.78 is 17.3. The monoisotopic (exact) mass is 480 g/mol. The Labute approximate surface area is 197 Å². The number of halogens is 3. The third-order valence-corrected chi connectivity index (χ3v) is 5.70. The number of aromatic nitrogens is 5. The molecule has 0 radical (unpaired) electrons. The molecule has 0 aliphatic carbocycles. The molecular formula is C23H15Cl2FN6O. The first-order chi connectivity index (χ1) is 15.9. The van der Waals surface area contributed by atoms with Crippen LogP contribution in [0.25, 0.3) is 28.3 Å². The van der Waals surface area contributed by atoms with E-state index in [1.807, 2.05) is 12.1 Å². The minimum Gasteiger partial charge on any atom is -0.366 e. The highest BCUT2D eigenvalue weighted by Crippen LogP contribution is 2.32. The SMILES string of the molecule is NC(=O)c1cc(Cn2cc(-c3c(-c4ccc(Cl)cc4)nc4ccc(F)cn34)nn2)ccc1Cl. The van der Waals surface area contributed by atoms with Gasteiger partial charge in [0.05, 0.1) is 29.0 Å². The molecule has 0 aliphatic heterocycles. The number of hydrogen-bond acceptors (Lipinski definition) is 4. The van der Waals surface area contributed by atoms with Crippen molar-refractivity contribution < 1.29 is 9.18 Å². The Balaban J connectivity index is 1.58. The first kappa shape index (κ1) is 21.1. The molecule has 0 bridgehead atoms. The van der Waals surface area contributed by atoms with Crippen molar-refractivity contribution in [3.8, 4) is 22.6 Å². The summed E-state index contributed by atoms with van der Waals surface area (Å²) in [6.07, 6.45) is 3.08. The van der Waals surface area contributed by atoms with E-state index in [4.69, 9.17) is 28.9 Å². The van der Waals surface area contributed by atoms with Crippen molar-refractivity contribution in [2.24, 2.45) is 5.73 Å². The Morgan fingerprint density at radius 3 is 2.58 bits per heavy atom. The highest BCUT2D eigenvalue weighted by Gasteiger charge is 2.19. The fourth-order valence-electron chi connectivity index (χ4n) is 3.60. The predicted octanol–water partition coefficient (Wildman–Crippen LogP) is 4.85. The Bertz CT molecular complexity index is 1510. The second-order valence-corrected chi connectivity index (χ2v) is 8.21. The van der Waals surface area contributed by atoms with Gasteiger partial charge in [0.1, 0.15) is 22.9 Å². The molecule has 164 valence electrons. The topological polar surface area (TPSA) is 91.1 Å². The van der Waals surface area contributed by atoms with Gasteiger partial charge in [-0.25, -0.2) is 14.1 Å². The van der Waals surface area contributed by atoms with E-state index < -0.39 is 11.7 Å². The third kappa shape index (κ3) is 4.06. The van der Waals surface area contributed by atoms with Crippen molar-refractivity contribution in [2.75, 3.05) is 0 Å². The standard InChI is InChI=1S/C23H15Cl2FN6O/c24-15-4-2-14(3-5-15)21-22(32-11-16(26)6-8-20(32)28-21)19-12-31(30-29-19)10-13-1-7-18(25)17(9-13)23(27)33/h1-9,11-12H,10H2,(H2,27,33). The summed E-state index contributed by atoms with van der Waals surface area (Å²) in [4.78, 5) is 16.3. The van der Waals surface area contributed by atoms with Gasteiger partial charge in [-0.15, -0.1) is 5.10 Å². The first-order valence-corrected chi connectivity index (χ1v) is 10.6. The molecule has 0 atom stereocenters. The number of pyridine rings is 1. The Hall–Kier alpha value is -3.75. The van der Waals surface area contributed by atoms with E-state index in [1.165, 1.54) is 12.3 Å². The molecule has 2 aromatic carbocycles. The molecule has 0 fully saturated rings. The minimum atomic E-state index is -0.610. The third-order valence-electron chi connectivity index (χ3n) is 5.12. The van der Waals surface area contributed by atoms with Gasteiger partial charge in [-0.3, -0.25) is 9.20 Å². The van der Waals surface area contributed by atoms with Gasteiger partial charge in [0, 0.05) is 16.8 Å². The zero-order valence-electron chi connectivity index (χ0n) is 16.9. The molecule has 5 rings (SSSR count). The molecular weight excluding hydrogens is 466 g/mol. The van der Waals surface area contributed by atoms with Crippen molar-refractivity contribution in [1.82, 2.24) is 24.4 Å². The quantitative estimate of drug-likeness (QED) is 0.389. The normalized spacial score (nSPS) is 11.2. The van der Waals surface area contributed by atoms with Gasteiger partial charge in [-0.05, 0) is 42.0 Å². The van der Waals surface area contributed by atoms with E-state index in [1.54, 1.807) is 51.7 Å². The van der Waals surface area contributed by atoms with E-state index in [9.17, 15) is 9.18 Å². The van der Waals surface area contributed by atoms with E-state index >= 15 is 0 Å². The van der Waals surface area contributed by atoms with Crippen LogP contribution in [0.2, 0.25) is 10.0 Å². The summed E-state index contributed by atoms with van der Waals surface area (Å²) in [5.41, 5.74) is 9.46. The summed E-state index contributed by atoms with van der Waals surface area (Å²) in [5, 5.41) is 9.38. The molecule has 0 unspecified atom stereocenters. The fraction of sp³-hybridized carbons (Fsp3) is 0.0435. The number of nitrogens with zero attached hydrogens (tertiary/aromatic N) is 5. The van der Waals surface area contributed by atoms with Crippen LogP contribution >= 0.6 is 23.2 Å². The van der Waals surface area contributed by atoms with Crippen LogP contribution in [0.5, 0.6) is 0 Å². The lowest BCUT2D eigenvalue weighted by Crippen LogP contribution is -2.12. The molecule has 1 amide bonds. The average molecular weight is 481 g/mol. The highest BCUT2D eigenvalue weighted by molar-refractivity contribution is 6.33. The summed E-state index contributed by atoms with van der Waals surface area (Å²) in [6.45, 7) is 0.325. The summed E-state index contributed by atoms with van der Waals surface area (Å²) >= 11 is 12.1. The van der Waals surface area contributed by atoms with E-state index in [2.05, 4.69) is 15.3 Å². The summed E-state index contributed by atoms with van der Waals surface area (Å²) in [7, 11) is 0. The van der Waals surface area contributed by atoms with Crippen LogP contribution in [0.4, 0.5) is 4.39 Å². The van der Waals surface area contributed by atoms with Crippen LogP contribution in [-0.2, 0) is 6.54 Å². The number of carbonyl (C=O) groups is 1. The molecule has 0 saturated heterocycles. The average Bonchev–Trinajstić information content (AvgIpc) is 3.39. The first-order valence-electron chi connectivity index (χ1n) is 9.81. The van der Waals surface area contributed by atoms with Gasteiger partial charge >= 0.3 is 0 Å². The highest BCUT2D eigenvalue weighted by atomic mass is 35.5. The van der Waals surface area contributed by atoms with Crippen molar-refractivity contribution in [1.29, 1.82) is 0 Å². The van der Waals surface area contributed by atoms with Gasteiger partial charge in [-0.2, -0.15) is 0 Å². The molecule has 10 heteroatoms. The number of rotatable bonds is 5. The fourth-order valence-corrected chi connectivity index (χ4v) is 3.94. The van der Waals surface area contributed by atoms with Gasteiger partial charge in [0.15, 0.2) is 0 Å². The van der Waals surface area contributed by atoms with Crippen molar-refractivity contribution in [3.05, 3.63) is 94.0 Å². The maximum Gasteiger partial charge on any atom is 0.250 e. The second kappa shape index (κ2) is 8.31. The molecule has 0 aliphatic rings. The van der Waals surface area contributed by atoms with Crippen LogP contribution < -0.4 is 5.73 Å². The molecule has 0 spiro atoms. The lowest BCUT2D eigenvalue weighted by molar-refractivity contribution is 0.100. The van der Waals surface area contributed by atoms with Gasteiger partial charge in [0.25, 0.3) is 0 Å². The Morgan fingerprint density at radius 2 is 1.82 bits per heavy atom. The second-order valence-electron chi connectivity index (χ2n) is 7.37. The summed E-state index contributed by atoms with van der Waals surface area (Å²) in [5.74, 6) is -1.02. The van der Waals surface area contributed by atoms with Gasteiger partial charge < -0.3 is 5.73 Å². The number of nitrogens with two attached hydrogens (primary N) is 1. The molecule has 2 N–H and O–H groups in total.